The van der Waals surface area contributed by atoms with Gasteiger partial charge in [-0.05, 0) is 44.5 Å². The quantitative estimate of drug-likeness (QED) is 0.445. The highest BCUT2D eigenvalue weighted by molar-refractivity contribution is 7.89. The van der Waals surface area contributed by atoms with Gasteiger partial charge in [0, 0.05) is 19.2 Å². The third-order valence-electron chi connectivity index (χ3n) is 6.15. The van der Waals surface area contributed by atoms with Crippen molar-refractivity contribution in [2.45, 2.75) is 32.9 Å². The zero-order valence-electron chi connectivity index (χ0n) is 21.2. The summed E-state index contributed by atoms with van der Waals surface area (Å²) in [7, 11) is -2.11. The Kier molecular flexibility index (Phi) is 7.45. The van der Waals surface area contributed by atoms with Crippen molar-refractivity contribution < 1.29 is 17.9 Å². The van der Waals surface area contributed by atoms with E-state index in [1.807, 2.05) is 37.6 Å². The zero-order valence-corrected chi connectivity index (χ0v) is 22.8. The normalized spacial score (nSPS) is 17.0. The first-order valence-corrected chi connectivity index (χ1v) is 13.9. The molecule has 0 radical (unpaired) electrons. The lowest BCUT2D eigenvalue weighted by atomic mass is 10.0. The number of nitrogens with zero attached hydrogens (tertiary/aromatic N) is 4. The minimum absolute atomic E-state index is 0.0345. The Hall–Kier alpha value is -3.22. The van der Waals surface area contributed by atoms with Gasteiger partial charge in [0.1, 0.15) is 5.15 Å². The number of carbonyl (C=O) groups is 1. The first-order chi connectivity index (χ1) is 17.4. The maximum Gasteiger partial charge on any atom is 0.285 e. The van der Waals surface area contributed by atoms with E-state index in [-0.39, 0.29) is 28.1 Å². The fraction of sp³-hybridized carbons (Fsp3) is 0.417. The molecule has 0 spiro atoms. The van der Waals surface area contributed by atoms with Gasteiger partial charge in [0.15, 0.2) is 5.69 Å². The molecule has 0 unspecified atom stereocenters. The Labute approximate surface area is 219 Å². The molecule has 3 heterocycles. The van der Waals surface area contributed by atoms with E-state index in [1.54, 1.807) is 17.7 Å². The van der Waals surface area contributed by atoms with Crippen LogP contribution in [0.25, 0.3) is 10.9 Å². The Bertz CT molecular complexity index is 1540. The molecule has 198 valence electrons. The summed E-state index contributed by atoms with van der Waals surface area (Å²) in [6, 6.07) is 6.39. The van der Waals surface area contributed by atoms with Crippen LogP contribution in [-0.2, 0) is 21.8 Å². The molecule has 2 atom stereocenters. The number of pyridine rings is 1. The van der Waals surface area contributed by atoms with Crippen LogP contribution in [0, 0.1) is 6.92 Å². The molecule has 1 fully saturated rings. The van der Waals surface area contributed by atoms with Gasteiger partial charge in [-0.1, -0.05) is 17.7 Å². The van der Waals surface area contributed by atoms with Gasteiger partial charge in [-0.25, -0.2) is 23.1 Å². The first kappa shape index (κ1) is 26.8. The summed E-state index contributed by atoms with van der Waals surface area (Å²) in [6.07, 6.45) is 0.878. The highest BCUT2D eigenvalue weighted by Crippen LogP contribution is 2.29. The molecule has 1 aromatic carbocycles. The predicted octanol–water partition coefficient (Wildman–Crippen LogP) is 2.38. The highest BCUT2D eigenvalue weighted by Gasteiger charge is 2.26. The van der Waals surface area contributed by atoms with Gasteiger partial charge in [-0.2, -0.15) is 0 Å². The summed E-state index contributed by atoms with van der Waals surface area (Å²) in [5, 5.41) is 3.73. The molecule has 3 aromatic rings. The number of ether oxygens (including phenoxy) is 1. The van der Waals surface area contributed by atoms with Gasteiger partial charge in [-0.3, -0.25) is 14.2 Å². The Morgan fingerprint density at radius 2 is 2.00 bits per heavy atom. The van der Waals surface area contributed by atoms with E-state index < -0.39 is 22.0 Å². The Balaban J connectivity index is 1.80. The molecule has 0 aliphatic carbocycles. The van der Waals surface area contributed by atoms with Crippen LogP contribution in [0.1, 0.15) is 41.5 Å². The molecule has 4 rings (SSSR count). The second kappa shape index (κ2) is 10.3. The van der Waals surface area contributed by atoms with Crippen LogP contribution < -0.4 is 20.5 Å². The maximum absolute atomic E-state index is 13.4. The van der Waals surface area contributed by atoms with E-state index in [1.165, 1.54) is 6.07 Å². The van der Waals surface area contributed by atoms with Crippen molar-refractivity contribution in [3.8, 4) is 0 Å². The molecule has 2 aromatic heterocycles. The Morgan fingerprint density at radius 3 is 2.68 bits per heavy atom. The summed E-state index contributed by atoms with van der Waals surface area (Å²) in [5.74, 6) is -0.364. The summed E-state index contributed by atoms with van der Waals surface area (Å²) in [4.78, 5) is 37.1. The van der Waals surface area contributed by atoms with Crippen LogP contribution in [0.5, 0.6) is 0 Å². The number of sulfonamides is 1. The van der Waals surface area contributed by atoms with E-state index in [0.717, 1.165) is 17.4 Å². The lowest BCUT2D eigenvalue weighted by Gasteiger charge is -2.35. The topological polar surface area (TPSA) is 136 Å². The average molecular weight is 549 g/mol. The van der Waals surface area contributed by atoms with Gasteiger partial charge in [0.05, 0.1) is 48.1 Å². The number of carbonyl (C=O) groups excluding carboxylic acids is 1. The molecular formula is C24H29ClN6O5S. The third-order valence-corrected chi connectivity index (χ3v) is 6.91. The van der Waals surface area contributed by atoms with Crippen LogP contribution in [0.15, 0.2) is 29.1 Å². The lowest BCUT2D eigenvalue weighted by Crippen LogP contribution is -2.46. The SMILES string of the molecule is Cc1cc([C@@H](C)Nc2ccc(Cl)nc2C(=O)NS(C)(=O)=O)c2nc(N3CCOC[C@H]3C)n(C)c(=O)c2c1. The fourth-order valence-electron chi connectivity index (χ4n) is 4.40. The number of hydrogen-bond donors (Lipinski definition) is 2. The fourth-order valence-corrected chi connectivity index (χ4v) is 4.99. The van der Waals surface area contributed by atoms with E-state index in [9.17, 15) is 18.0 Å². The van der Waals surface area contributed by atoms with Crippen molar-refractivity contribution in [1.29, 1.82) is 0 Å². The number of aromatic nitrogens is 3. The summed E-state index contributed by atoms with van der Waals surface area (Å²) in [6.45, 7) is 7.45. The number of nitrogens with one attached hydrogen (secondary N) is 2. The largest absolute Gasteiger partial charge is 0.377 e. The van der Waals surface area contributed by atoms with E-state index in [2.05, 4.69) is 15.2 Å². The van der Waals surface area contributed by atoms with Crippen LogP contribution in [0.3, 0.4) is 0 Å². The third kappa shape index (κ3) is 5.71. The molecule has 0 bridgehead atoms. The van der Waals surface area contributed by atoms with Crippen molar-refractivity contribution >= 4 is 50.1 Å². The molecule has 37 heavy (non-hydrogen) atoms. The summed E-state index contributed by atoms with van der Waals surface area (Å²) in [5.41, 5.74) is 2.07. The summed E-state index contributed by atoms with van der Waals surface area (Å²) >= 11 is 5.99. The number of fused-ring (bicyclic) bond motifs is 1. The Morgan fingerprint density at radius 1 is 1.27 bits per heavy atom. The van der Waals surface area contributed by atoms with Crippen molar-refractivity contribution in [2.75, 3.05) is 36.2 Å². The smallest absolute Gasteiger partial charge is 0.285 e. The molecule has 13 heteroatoms. The van der Waals surface area contributed by atoms with Crippen LogP contribution in [-0.4, -0.2) is 60.9 Å². The monoisotopic (exact) mass is 548 g/mol. The molecule has 1 aliphatic rings. The van der Waals surface area contributed by atoms with Crippen molar-refractivity contribution in [2.24, 2.45) is 7.05 Å². The minimum Gasteiger partial charge on any atom is -0.377 e. The van der Waals surface area contributed by atoms with E-state index in [0.29, 0.717) is 36.6 Å². The molecule has 1 saturated heterocycles. The van der Waals surface area contributed by atoms with Crippen LogP contribution in [0.2, 0.25) is 5.15 Å². The first-order valence-electron chi connectivity index (χ1n) is 11.7. The molecular weight excluding hydrogens is 520 g/mol. The number of amides is 1. The number of rotatable bonds is 6. The van der Waals surface area contributed by atoms with Gasteiger partial charge in [-0.15, -0.1) is 0 Å². The number of benzene rings is 1. The number of hydrogen-bond acceptors (Lipinski definition) is 9. The minimum atomic E-state index is -3.82. The highest BCUT2D eigenvalue weighted by atomic mass is 35.5. The van der Waals surface area contributed by atoms with Gasteiger partial charge in [0.25, 0.3) is 11.5 Å². The van der Waals surface area contributed by atoms with Crippen molar-refractivity contribution in [3.63, 3.8) is 0 Å². The lowest BCUT2D eigenvalue weighted by molar-refractivity contribution is 0.0975. The van der Waals surface area contributed by atoms with Crippen molar-refractivity contribution in [1.82, 2.24) is 19.3 Å². The van der Waals surface area contributed by atoms with E-state index in [4.69, 9.17) is 21.3 Å². The standard InChI is InChI=1S/C24H29ClN6O5S/c1-13-10-16(15(3)26-18-6-7-19(25)27-21(18)22(32)29-37(5,34)35)20-17(11-13)23(33)30(4)24(28-20)31-8-9-36-12-14(31)2/h6-7,10-11,14-15,26H,8-9,12H2,1-5H3,(H,29,32)/t14-,15-/m1/s1. The number of morpholine rings is 1. The van der Waals surface area contributed by atoms with Crippen molar-refractivity contribution in [3.05, 3.63) is 56.6 Å². The van der Waals surface area contributed by atoms with E-state index >= 15 is 0 Å². The zero-order chi connectivity index (χ0) is 27.1. The number of aryl methyl sites for hydroxylation is 1. The predicted molar refractivity (Wildman–Crippen MR) is 143 cm³/mol. The second-order valence-corrected chi connectivity index (χ2v) is 11.4. The van der Waals surface area contributed by atoms with Gasteiger partial charge >= 0.3 is 0 Å². The molecule has 1 amide bonds. The van der Waals surface area contributed by atoms with Crippen LogP contribution in [0.4, 0.5) is 11.6 Å². The molecule has 11 nitrogen and oxygen atoms in total. The molecule has 1 aliphatic heterocycles. The summed E-state index contributed by atoms with van der Waals surface area (Å²) < 4.78 is 32.3. The second-order valence-electron chi connectivity index (χ2n) is 9.24. The molecule has 0 saturated carbocycles. The van der Waals surface area contributed by atoms with Crippen LogP contribution >= 0.6 is 11.6 Å². The maximum atomic E-state index is 13.4. The number of anilines is 2. The number of halogens is 1. The van der Waals surface area contributed by atoms with Gasteiger partial charge < -0.3 is 15.0 Å². The average Bonchev–Trinajstić information content (AvgIpc) is 2.81. The van der Waals surface area contributed by atoms with Gasteiger partial charge in [0.2, 0.25) is 16.0 Å². The molecule has 2 N–H and O–H groups in total.